The van der Waals surface area contributed by atoms with Gasteiger partial charge in [0.15, 0.2) is 11.3 Å². The second-order valence-electron chi connectivity index (χ2n) is 5.70. The van der Waals surface area contributed by atoms with Gasteiger partial charge in [-0.25, -0.2) is 14.8 Å². The molecule has 0 spiro atoms. The van der Waals surface area contributed by atoms with Crippen LogP contribution in [-0.4, -0.2) is 33.3 Å². The van der Waals surface area contributed by atoms with E-state index in [0.717, 1.165) is 5.56 Å². The van der Waals surface area contributed by atoms with Gasteiger partial charge in [0, 0.05) is 11.3 Å². The maximum Gasteiger partial charge on any atom is 0.324 e. The summed E-state index contributed by atoms with van der Waals surface area (Å²) in [6.07, 6.45) is 1.65. The van der Waals surface area contributed by atoms with Gasteiger partial charge in [0.2, 0.25) is 5.65 Å². The van der Waals surface area contributed by atoms with Crippen LogP contribution in [0.3, 0.4) is 0 Å². The van der Waals surface area contributed by atoms with Gasteiger partial charge >= 0.3 is 6.03 Å². The number of aromatic amines is 1. The zero-order valence-corrected chi connectivity index (χ0v) is 14.4. The van der Waals surface area contributed by atoms with Crippen LogP contribution in [0.1, 0.15) is 0 Å². The van der Waals surface area contributed by atoms with E-state index in [2.05, 4.69) is 30.8 Å². The van der Waals surface area contributed by atoms with Gasteiger partial charge in [-0.3, -0.25) is 10.4 Å². The summed E-state index contributed by atoms with van der Waals surface area (Å²) in [5.74, 6) is 1.09. The maximum atomic E-state index is 12.3. The summed E-state index contributed by atoms with van der Waals surface area (Å²) in [6, 6.07) is 16.3. The van der Waals surface area contributed by atoms with Crippen molar-refractivity contribution in [2.45, 2.75) is 0 Å². The number of fused-ring (bicyclic) bond motifs is 1. The van der Waals surface area contributed by atoms with Crippen LogP contribution >= 0.6 is 0 Å². The Labute approximate surface area is 154 Å². The summed E-state index contributed by atoms with van der Waals surface area (Å²) >= 11 is 0. The average molecular weight is 360 g/mol. The van der Waals surface area contributed by atoms with E-state index < -0.39 is 6.03 Å². The molecule has 4 rings (SSSR count). The third-order valence-electron chi connectivity index (χ3n) is 3.92. The summed E-state index contributed by atoms with van der Waals surface area (Å²) in [4.78, 5) is 21.2. The summed E-state index contributed by atoms with van der Waals surface area (Å²) in [6.45, 7) is 0. The van der Waals surface area contributed by atoms with Gasteiger partial charge in [0.25, 0.3) is 0 Å². The Kier molecular flexibility index (Phi) is 4.36. The predicted octanol–water partition coefficient (Wildman–Crippen LogP) is 3.67. The first-order chi connectivity index (χ1) is 13.2. The lowest BCUT2D eigenvalue weighted by atomic mass is 10.2. The van der Waals surface area contributed by atoms with Crippen molar-refractivity contribution < 1.29 is 9.53 Å². The number of ether oxygens (including phenoxy) is 1. The number of nitrogens with one attached hydrogen (secondary N) is 3. The number of hydrogen-bond donors (Lipinski definition) is 3. The molecule has 0 unspecified atom stereocenters. The van der Waals surface area contributed by atoms with Crippen molar-refractivity contribution in [1.29, 1.82) is 0 Å². The molecule has 4 aromatic rings. The third-order valence-corrected chi connectivity index (χ3v) is 3.92. The maximum absolute atomic E-state index is 12.3. The van der Waals surface area contributed by atoms with Crippen LogP contribution in [0.15, 0.2) is 60.8 Å². The van der Waals surface area contributed by atoms with Crippen LogP contribution in [0.2, 0.25) is 0 Å². The Bertz CT molecular complexity index is 1080. The molecule has 0 atom stereocenters. The number of rotatable bonds is 4. The van der Waals surface area contributed by atoms with E-state index in [1.807, 2.05) is 30.3 Å². The highest BCUT2D eigenvalue weighted by Crippen LogP contribution is 2.22. The first-order valence-electron chi connectivity index (χ1n) is 8.21. The van der Waals surface area contributed by atoms with Crippen molar-refractivity contribution >= 4 is 28.7 Å². The number of carbonyl (C=O) groups is 1. The molecule has 0 aliphatic carbocycles. The molecule has 0 aliphatic heterocycles. The number of urea groups is 1. The highest BCUT2D eigenvalue weighted by molar-refractivity contribution is 6.03. The van der Waals surface area contributed by atoms with E-state index in [0.29, 0.717) is 34.1 Å². The predicted molar refractivity (Wildman–Crippen MR) is 103 cm³/mol. The lowest BCUT2D eigenvalue weighted by Gasteiger charge is -2.07. The average Bonchev–Trinajstić information content (AvgIpc) is 3.11. The molecule has 8 nitrogen and oxygen atoms in total. The van der Waals surface area contributed by atoms with Gasteiger partial charge in [0.05, 0.1) is 19.0 Å². The van der Waals surface area contributed by atoms with E-state index >= 15 is 0 Å². The van der Waals surface area contributed by atoms with Gasteiger partial charge in [0.1, 0.15) is 5.75 Å². The van der Waals surface area contributed by atoms with Crippen LogP contribution in [0.4, 0.5) is 16.3 Å². The number of benzene rings is 2. The second-order valence-corrected chi connectivity index (χ2v) is 5.70. The van der Waals surface area contributed by atoms with Gasteiger partial charge in [-0.15, -0.1) is 0 Å². The fraction of sp³-hybridized carbons (Fsp3) is 0.0526. The smallest absolute Gasteiger partial charge is 0.324 e. The summed E-state index contributed by atoms with van der Waals surface area (Å²) in [5.41, 5.74) is 3.17. The fourth-order valence-corrected chi connectivity index (χ4v) is 2.58. The molecule has 2 heterocycles. The molecule has 27 heavy (non-hydrogen) atoms. The fourth-order valence-electron chi connectivity index (χ4n) is 2.58. The Morgan fingerprint density at radius 2 is 1.81 bits per heavy atom. The SMILES string of the molecule is COc1ccc(NC(=O)Nc2[nH]nc3ncc(-c4ccccc4)nc23)cc1. The van der Waals surface area contributed by atoms with E-state index in [9.17, 15) is 4.79 Å². The quantitative estimate of drug-likeness (QED) is 0.515. The Morgan fingerprint density at radius 3 is 2.56 bits per heavy atom. The lowest BCUT2D eigenvalue weighted by molar-refractivity contribution is 0.262. The van der Waals surface area contributed by atoms with Crippen molar-refractivity contribution in [3.05, 3.63) is 60.8 Å². The molecule has 0 radical (unpaired) electrons. The Balaban J connectivity index is 1.55. The van der Waals surface area contributed by atoms with Gasteiger partial charge in [-0.1, -0.05) is 30.3 Å². The van der Waals surface area contributed by atoms with Crippen molar-refractivity contribution in [2.24, 2.45) is 0 Å². The molecule has 2 aromatic heterocycles. The molecule has 0 bridgehead atoms. The standard InChI is InChI=1S/C19H16N6O2/c1-27-14-9-7-13(8-10-14)21-19(26)23-18-16-17(24-25-18)20-11-15(22-16)12-5-3-2-4-6-12/h2-11H,1H3,(H3,20,21,23,24,25,26). The second kappa shape index (κ2) is 7.12. The van der Waals surface area contributed by atoms with E-state index in [4.69, 9.17) is 4.74 Å². The molecule has 0 saturated heterocycles. The van der Waals surface area contributed by atoms with Gasteiger partial charge in [-0.2, -0.15) is 5.10 Å². The molecular weight excluding hydrogens is 344 g/mol. The van der Waals surface area contributed by atoms with E-state index in [1.54, 1.807) is 37.6 Å². The van der Waals surface area contributed by atoms with Crippen LogP contribution in [0.5, 0.6) is 5.75 Å². The van der Waals surface area contributed by atoms with E-state index in [-0.39, 0.29) is 0 Å². The molecule has 8 heteroatoms. The Morgan fingerprint density at radius 1 is 1.04 bits per heavy atom. The number of methoxy groups -OCH3 is 1. The number of nitrogens with zero attached hydrogens (tertiary/aromatic N) is 3. The minimum atomic E-state index is -0.419. The minimum absolute atomic E-state index is 0.376. The molecule has 0 fully saturated rings. The highest BCUT2D eigenvalue weighted by atomic mass is 16.5. The molecule has 0 aliphatic rings. The number of anilines is 2. The summed E-state index contributed by atoms with van der Waals surface area (Å²) in [5, 5.41) is 12.3. The molecule has 134 valence electrons. The van der Waals surface area contributed by atoms with Crippen molar-refractivity contribution in [2.75, 3.05) is 17.7 Å². The molecule has 2 aromatic carbocycles. The van der Waals surface area contributed by atoms with Crippen molar-refractivity contribution in [3.63, 3.8) is 0 Å². The summed E-state index contributed by atoms with van der Waals surface area (Å²) in [7, 11) is 1.59. The molecule has 2 amide bonds. The van der Waals surface area contributed by atoms with Crippen LogP contribution < -0.4 is 15.4 Å². The number of amides is 2. The summed E-state index contributed by atoms with van der Waals surface area (Å²) < 4.78 is 5.10. The van der Waals surface area contributed by atoms with Crippen LogP contribution in [0.25, 0.3) is 22.4 Å². The Hall–Kier alpha value is -3.94. The first kappa shape index (κ1) is 16.5. The van der Waals surface area contributed by atoms with Crippen molar-refractivity contribution in [1.82, 2.24) is 20.2 Å². The number of H-pyrrole nitrogens is 1. The largest absolute Gasteiger partial charge is 0.497 e. The monoisotopic (exact) mass is 360 g/mol. The number of carbonyl (C=O) groups excluding carboxylic acids is 1. The molecule has 3 N–H and O–H groups in total. The van der Waals surface area contributed by atoms with Crippen LogP contribution in [-0.2, 0) is 0 Å². The molecular formula is C19H16N6O2. The number of aromatic nitrogens is 4. The van der Waals surface area contributed by atoms with Crippen LogP contribution in [0, 0.1) is 0 Å². The third kappa shape index (κ3) is 3.54. The number of hydrogen-bond acceptors (Lipinski definition) is 5. The van der Waals surface area contributed by atoms with Gasteiger partial charge < -0.3 is 10.1 Å². The lowest BCUT2D eigenvalue weighted by Crippen LogP contribution is -2.19. The molecule has 0 saturated carbocycles. The topological polar surface area (TPSA) is 105 Å². The van der Waals surface area contributed by atoms with Gasteiger partial charge in [-0.05, 0) is 24.3 Å². The van der Waals surface area contributed by atoms with E-state index in [1.165, 1.54) is 0 Å². The highest BCUT2D eigenvalue weighted by Gasteiger charge is 2.13. The zero-order valence-electron chi connectivity index (χ0n) is 14.4. The van der Waals surface area contributed by atoms with Crippen molar-refractivity contribution in [3.8, 4) is 17.0 Å². The first-order valence-corrected chi connectivity index (χ1v) is 8.21. The minimum Gasteiger partial charge on any atom is -0.497 e. The zero-order chi connectivity index (χ0) is 18.6. The normalized spacial score (nSPS) is 10.6.